The Morgan fingerprint density at radius 2 is 1.93 bits per heavy atom. The van der Waals surface area contributed by atoms with Crippen molar-refractivity contribution in [2.75, 3.05) is 16.4 Å². The average molecular weight is 416 g/mol. The van der Waals surface area contributed by atoms with Gasteiger partial charge in [0.05, 0.1) is 10.7 Å². The first-order chi connectivity index (χ1) is 13.4. The number of nitro benzene ring substituents is 1. The fourth-order valence-electron chi connectivity index (χ4n) is 2.38. The molecule has 0 radical (unpaired) electrons. The zero-order valence-electron chi connectivity index (χ0n) is 15.1. The first-order valence-corrected chi connectivity index (χ1v) is 10.1. The van der Waals surface area contributed by atoms with Crippen LogP contribution in [0.2, 0.25) is 0 Å². The van der Waals surface area contributed by atoms with Gasteiger partial charge in [-0.05, 0) is 37.1 Å². The minimum absolute atomic E-state index is 0.0739. The summed E-state index contributed by atoms with van der Waals surface area (Å²) in [4.78, 5) is 23.0. The molecule has 0 bridgehead atoms. The lowest BCUT2D eigenvalue weighted by molar-refractivity contribution is -0.384. The summed E-state index contributed by atoms with van der Waals surface area (Å²) in [6.45, 7) is 3.59. The van der Waals surface area contributed by atoms with Crippen LogP contribution in [0.4, 0.5) is 22.2 Å². The highest BCUT2D eigenvalue weighted by atomic mass is 32.2. The number of nitrogens with zero attached hydrogens (tertiary/aromatic N) is 3. The van der Waals surface area contributed by atoms with Crippen LogP contribution >= 0.6 is 23.1 Å². The molecule has 1 amide bonds. The van der Waals surface area contributed by atoms with Crippen molar-refractivity contribution in [1.82, 2.24) is 10.2 Å². The van der Waals surface area contributed by atoms with Gasteiger partial charge in [0.2, 0.25) is 11.0 Å². The van der Waals surface area contributed by atoms with Crippen molar-refractivity contribution in [2.24, 2.45) is 0 Å². The van der Waals surface area contributed by atoms with Gasteiger partial charge in [0.15, 0.2) is 4.34 Å². The number of anilines is 3. The molecule has 0 aliphatic rings. The Balaban J connectivity index is 1.61. The number of carbonyl (C=O) groups is 1. The lowest BCUT2D eigenvalue weighted by Crippen LogP contribution is -2.16. The molecule has 1 aromatic heterocycles. The molecule has 0 saturated carbocycles. The number of aromatic nitrogens is 2. The zero-order chi connectivity index (χ0) is 20.1. The Kier molecular flexibility index (Phi) is 6.22. The van der Waals surface area contributed by atoms with Crippen LogP contribution in [0.1, 0.15) is 11.1 Å². The minimum Gasteiger partial charge on any atom is -0.330 e. The molecule has 0 fully saturated rings. The summed E-state index contributed by atoms with van der Waals surface area (Å²) in [6, 6.07) is 12.6. The Labute approximate surface area is 169 Å². The van der Waals surface area contributed by atoms with Crippen LogP contribution in [-0.2, 0) is 4.79 Å². The molecule has 3 aromatic rings. The van der Waals surface area contributed by atoms with Crippen LogP contribution in [-0.4, -0.2) is 26.8 Å². The highest BCUT2D eigenvalue weighted by Crippen LogP contribution is 2.31. The van der Waals surface area contributed by atoms with E-state index in [1.807, 2.05) is 37.3 Å². The Bertz CT molecular complexity index is 1010. The normalized spacial score (nSPS) is 10.5. The van der Waals surface area contributed by atoms with Crippen molar-refractivity contribution in [3.8, 4) is 0 Å². The van der Waals surface area contributed by atoms with Gasteiger partial charge in [-0.1, -0.05) is 47.4 Å². The monoisotopic (exact) mass is 415 g/mol. The van der Waals surface area contributed by atoms with Crippen LogP contribution < -0.4 is 10.6 Å². The molecule has 0 atom stereocenters. The first-order valence-electron chi connectivity index (χ1n) is 8.27. The van der Waals surface area contributed by atoms with E-state index < -0.39 is 4.92 Å². The molecule has 144 valence electrons. The summed E-state index contributed by atoms with van der Waals surface area (Å²) in [5, 5.41) is 25.7. The SMILES string of the molecule is Cc1ccc([N+](=O)[O-])c(NC(=O)CSc2nnc(Nc3ccccc3)s2)c1C. The van der Waals surface area contributed by atoms with E-state index in [-0.39, 0.29) is 23.0 Å². The molecule has 28 heavy (non-hydrogen) atoms. The number of aryl methyl sites for hydroxylation is 1. The largest absolute Gasteiger partial charge is 0.330 e. The van der Waals surface area contributed by atoms with Gasteiger partial charge in [-0.2, -0.15) is 0 Å². The third kappa shape index (κ3) is 4.84. The molecule has 0 aliphatic heterocycles. The summed E-state index contributed by atoms with van der Waals surface area (Å²) in [7, 11) is 0. The number of rotatable bonds is 7. The van der Waals surface area contributed by atoms with E-state index in [1.165, 1.54) is 29.2 Å². The van der Waals surface area contributed by atoms with Crippen LogP contribution in [0.25, 0.3) is 0 Å². The maximum absolute atomic E-state index is 12.3. The van der Waals surface area contributed by atoms with Crippen molar-refractivity contribution >= 4 is 51.2 Å². The summed E-state index contributed by atoms with van der Waals surface area (Å²) >= 11 is 2.56. The Hall–Kier alpha value is -2.98. The van der Waals surface area contributed by atoms with Gasteiger partial charge in [0, 0.05) is 11.8 Å². The summed E-state index contributed by atoms with van der Waals surface area (Å²) < 4.78 is 0.629. The van der Waals surface area contributed by atoms with Gasteiger partial charge >= 0.3 is 0 Å². The molecule has 3 rings (SSSR count). The number of carbonyl (C=O) groups excluding carboxylic acids is 1. The Morgan fingerprint density at radius 1 is 1.18 bits per heavy atom. The van der Waals surface area contributed by atoms with Crippen LogP contribution in [0.5, 0.6) is 0 Å². The maximum Gasteiger partial charge on any atom is 0.293 e. The van der Waals surface area contributed by atoms with Gasteiger partial charge in [-0.15, -0.1) is 10.2 Å². The van der Waals surface area contributed by atoms with E-state index in [0.717, 1.165) is 11.3 Å². The topological polar surface area (TPSA) is 110 Å². The summed E-state index contributed by atoms with van der Waals surface area (Å²) in [5.41, 5.74) is 2.56. The zero-order valence-corrected chi connectivity index (χ0v) is 16.8. The van der Waals surface area contributed by atoms with E-state index in [4.69, 9.17) is 0 Å². The van der Waals surface area contributed by atoms with Gasteiger partial charge in [-0.3, -0.25) is 14.9 Å². The first kappa shape index (κ1) is 19.8. The van der Waals surface area contributed by atoms with Crippen LogP contribution in [0, 0.1) is 24.0 Å². The molecule has 8 nitrogen and oxygen atoms in total. The maximum atomic E-state index is 12.3. The molecule has 2 aromatic carbocycles. The molecule has 0 unspecified atom stereocenters. The van der Waals surface area contributed by atoms with E-state index in [9.17, 15) is 14.9 Å². The molecule has 10 heteroatoms. The van der Waals surface area contributed by atoms with Gasteiger partial charge in [0.1, 0.15) is 5.69 Å². The summed E-state index contributed by atoms with van der Waals surface area (Å²) in [6.07, 6.45) is 0. The van der Waals surface area contributed by atoms with Crippen LogP contribution in [0.3, 0.4) is 0 Å². The van der Waals surface area contributed by atoms with E-state index in [2.05, 4.69) is 20.8 Å². The van der Waals surface area contributed by atoms with Crippen LogP contribution in [0.15, 0.2) is 46.8 Å². The van der Waals surface area contributed by atoms with Gasteiger partial charge in [-0.25, -0.2) is 0 Å². The highest BCUT2D eigenvalue weighted by Gasteiger charge is 2.19. The third-order valence-corrected chi connectivity index (χ3v) is 5.91. The van der Waals surface area contributed by atoms with Crippen molar-refractivity contribution in [3.63, 3.8) is 0 Å². The van der Waals surface area contributed by atoms with E-state index in [1.54, 1.807) is 13.0 Å². The molecule has 0 aliphatic carbocycles. The summed E-state index contributed by atoms with van der Waals surface area (Å²) in [5.74, 6) is -0.264. The lowest BCUT2D eigenvalue weighted by atomic mass is 10.1. The van der Waals surface area contributed by atoms with Crippen molar-refractivity contribution < 1.29 is 9.72 Å². The number of para-hydroxylation sites is 1. The predicted octanol–water partition coefficient (Wildman–Crippen LogP) is 4.54. The predicted molar refractivity (Wildman–Crippen MR) is 112 cm³/mol. The van der Waals surface area contributed by atoms with Gasteiger partial charge in [0.25, 0.3) is 5.69 Å². The second kappa shape index (κ2) is 8.81. The molecular weight excluding hydrogens is 398 g/mol. The average Bonchev–Trinajstić information content (AvgIpc) is 3.12. The second-order valence-electron chi connectivity index (χ2n) is 5.86. The molecule has 2 N–H and O–H groups in total. The van der Waals surface area contributed by atoms with Crippen molar-refractivity contribution in [1.29, 1.82) is 0 Å². The number of nitrogens with one attached hydrogen (secondary N) is 2. The fourth-order valence-corrected chi connectivity index (χ4v) is 3.95. The number of benzene rings is 2. The number of hydrogen-bond acceptors (Lipinski definition) is 8. The number of hydrogen-bond donors (Lipinski definition) is 2. The quantitative estimate of drug-likeness (QED) is 0.331. The lowest BCUT2D eigenvalue weighted by Gasteiger charge is -2.10. The molecule has 1 heterocycles. The number of thioether (sulfide) groups is 1. The molecule has 0 spiro atoms. The number of nitro groups is 1. The molecular formula is C18H17N5O3S2. The minimum atomic E-state index is -0.499. The van der Waals surface area contributed by atoms with E-state index >= 15 is 0 Å². The highest BCUT2D eigenvalue weighted by molar-refractivity contribution is 8.01. The standard InChI is InChI=1S/C18H17N5O3S2/c1-11-8-9-14(23(25)26)16(12(11)2)20-15(24)10-27-18-22-21-17(28-18)19-13-6-4-3-5-7-13/h3-9H,10H2,1-2H3,(H,19,21)(H,20,24). The fraction of sp³-hybridized carbons (Fsp3) is 0.167. The van der Waals surface area contributed by atoms with Crippen molar-refractivity contribution in [3.05, 3.63) is 63.7 Å². The van der Waals surface area contributed by atoms with Crippen molar-refractivity contribution in [2.45, 2.75) is 18.2 Å². The second-order valence-corrected chi connectivity index (χ2v) is 8.06. The smallest absolute Gasteiger partial charge is 0.293 e. The van der Waals surface area contributed by atoms with E-state index in [0.29, 0.717) is 15.0 Å². The van der Waals surface area contributed by atoms with Gasteiger partial charge < -0.3 is 10.6 Å². The number of amides is 1. The molecule has 0 saturated heterocycles. The third-order valence-electron chi connectivity index (χ3n) is 3.93. The Morgan fingerprint density at radius 3 is 2.64 bits per heavy atom.